The van der Waals surface area contributed by atoms with Crippen molar-refractivity contribution in [3.8, 4) is 11.6 Å². The highest BCUT2D eigenvalue weighted by Crippen LogP contribution is 2.27. The third-order valence-corrected chi connectivity index (χ3v) is 7.04. The van der Waals surface area contributed by atoms with E-state index in [0.717, 1.165) is 4.47 Å². The van der Waals surface area contributed by atoms with E-state index in [1.165, 1.54) is 10.8 Å². The Balaban J connectivity index is 1.92. The van der Waals surface area contributed by atoms with E-state index >= 15 is 0 Å². The van der Waals surface area contributed by atoms with Crippen LogP contribution in [0.3, 0.4) is 0 Å². The van der Waals surface area contributed by atoms with Crippen LogP contribution in [0.2, 0.25) is 0 Å². The lowest BCUT2D eigenvalue weighted by atomic mass is 10.1. The number of halogens is 1. The second-order valence-electron chi connectivity index (χ2n) is 6.74. The van der Waals surface area contributed by atoms with Crippen LogP contribution in [0.5, 0.6) is 5.88 Å². The molecule has 1 aliphatic heterocycles. The Morgan fingerprint density at radius 1 is 1.14 bits per heavy atom. The quantitative estimate of drug-likeness (QED) is 0.608. The van der Waals surface area contributed by atoms with E-state index in [4.69, 9.17) is 0 Å². The summed E-state index contributed by atoms with van der Waals surface area (Å²) in [6.07, 6.45) is 1.94. The number of nitrogens with zero attached hydrogens (tertiary/aromatic N) is 2. The molecule has 0 saturated carbocycles. The number of aliphatic imine (C=N–C) groups is 1. The fourth-order valence-electron chi connectivity index (χ4n) is 3.42. The van der Waals surface area contributed by atoms with Crippen LogP contribution in [0.4, 0.5) is 0 Å². The molecule has 2 heterocycles. The van der Waals surface area contributed by atoms with Gasteiger partial charge in [0.2, 0.25) is 5.88 Å². The highest BCUT2D eigenvalue weighted by molar-refractivity contribution is 9.10. The third kappa shape index (κ3) is 3.49. The lowest BCUT2D eigenvalue weighted by molar-refractivity contribution is 0.436. The first-order valence-electron chi connectivity index (χ1n) is 8.72. The number of sulfone groups is 1. The van der Waals surface area contributed by atoms with E-state index < -0.39 is 9.84 Å². The van der Waals surface area contributed by atoms with Crippen molar-refractivity contribution in [1.82, 2.24) is 4.57 Å². The second-order valence-corrected chi connectivity index (χ2v) is 9.88. The van der Waals surface area contributed by atoms with E-state index in [2.05, 4.69) is 20.9 Å². The van der Waals surface area contributed by atoms with Crippen LogP contribution in [0.25, 0.3) is 16.5 Å². The maximum Gasteiger partial charge on any atom is 0.265 e. The van der Waals surface area contributed by atoms with Crippen LogP contribution in [-0.4, -0.2) is 41.9 Å². The Hall–Kier alpha value is -2.45. The van der Waals surface area contributed by atoms with Crippen molar-refractivity contribution in [2.45, 2.75) is 12.5 Å². The van der Waals surface area contributed by atoms with E-state index in [0.29, 0.717) is 28.4 Å². The number of fused-ring (bicyclic) bond motifs is 1. The molecule has 1 fully saturated rings. The van der Waals surface area contributed by atoms with E-state index in [1.54, 1.807) is 42.5 Å². The molecule has 0 aliphatic carbocycles. The molecule has 0 bridgehead atoms. The van der Waals surface area contributed by atoms with Gasteiger partial charge in [-0.15, -0.1) is 0 Å². The number of hydrogen-bond acceptors (Lipinski definition) is 5. The summed E-state index contributed by atoms with van der Waals surface area (Å²) in [5.41, 5.74) is 0.562. The van der Waals surface area contributed by atoms with Crippen LogP contribution in [-0.2, 0) is 9.84 Å². The summed E-state index contributed by atoms with van der Waals surface area (Å²) in [7, 11) is -3.05. The molecule has 1 aliphatic rings. The van der Waals surface area contributed by atoms with Crippen molar-refractivity contribution < 1.29 is 13.5 Å². The number of aromatic hydroxyl groups is 1. The standard InChI is InChI=1S/C20H17BrN2O4S/c21-13-4-3-5-15(10-13)23-19(24)17-7-2-1-6-16(17)18(20(23)25)11-22-14-8-9-28(26,27)12-14/h1-7,10-11,14,25H,8-9,12H2/t14-/m1/s1. The molecule has 2 aromatic carbocycles. The Morgan fingerprint density at radius 2 is 1.89 bits per heavy atom. The molecule has 1 atom stereocenters. The van der Waals surface area contributed by atoms with Gasteiger partial charge in [-0.1, -0.05) is 40.2 Å². The maximum atomic E-state index is 13.0. The minimum Gasteiger partial charge on any atom is -0.494 e. The predicted octanol–water partition coefficient (Wildman–Crippen LogP) is 3.06. The molecule has 0 unspecified atom stereocenters. The molecular formula is C20H17BrN2O4S. The molecule has 6 nitrogen and oxygen atoms in total. The van der Waals surface area contributed by atoms with Gasteiger partial charge in [-0.05, 0) is 30.7 Å². The average Bonchev–Trinajstić information content (AvgIpc) is 3.01. The topological polar surface area (TPSA) is 88.7 Å². The molecule has 3 aromatic rings. The van der Waals surface area contributed by atoms with Gasteiger partial charge in [-0.25, -0.2) is 13.0 Å². The number of rotatable bonds is 3. The highest BCUT2D eigenvalue weighted by atomic mass is 79.9. The second kappa shape index (κ2) is 7.18. The monoisotopic (exact) mass is 460 g/mol. The number of pyridine rings is 1. The van der Waals surface area contributed by atoms with Gasteiger partial charge in [-0.2, -0.15) is 0 Å². The Kier molecular flexibility index (Phi) is 4.84. The van der Waals surface area contributed by atoms with Gasteiger partial charge in [0.15, 0.2) is 9.84 Å². The zero-order chi connectivity index (χ0) is 19.9. The van der Waals surface area contributed by atoms with Gasteiger partial charge >= 0.3 is 0 Å². The zero-order valence-electron chi connectivity index (χ0n) is 14.7. The molecule has 1 N–H and O–H groups in total. The van der Waals surface area contributed by atoms with Crippen molar-refractivity contribution in [1.29, 1.82) is 0 Å². The lowest BCUT2D eigenvalue weighted by Crippen LogP contribution is -2.20. The van der Waals surface area contributed by atoms with E-state index in [9.17, 15) is 18.3 Å². The summed E-state index contributed by atoms with van der Waals surface area (Å²) < 4.78 is 25.4. The third-order valence-electron chi connectivity index (χ3n) is 4.79. The highest BCUT2D eigenvalue weighted by Gasteiger charge is 2.27. The Morgan fingerprint density at radius 3 is 2.57 bits per heavy atom. The van der Waals surface area contributed by atoms with E-state index in [1.807, 2.05) is 6.07 Å². The smallest absolute Gasteiger partial charge is 0.265 e. The van der Waals surface area contributed by atoms with Gasteiger partial charge in [0.05, 0.1) is 28.8 Å². The van der Waals surface area contributed by atoms with Crippen LogP contribution < -0.4 is 5.56 Å². The van der Waals surface area contributed by atoms with Gasteiger partial charge in [-0.3, -0.25) is 9.79 Å². The summed E-state index contributed by atoms with van der Waals surface area (Å²) in [5.74, 6) is -0.0985. The van der Waals surface area contributed by atoms with Crippen molar-refractivity contribution in [2.75, 3.05) is 11.5 Å². The molecule has 0 amide bonds. The van der Waals surface area contributed by atoms with E-state index in [-0.39, 0.29) is 29.0 Å². The first kappa shape index (κ1) is 18.9. The first-order valence-corrected chi connectivity index (χ1v) is 11.3. The minimum absolute atomic E-state index is 0.00741. The van der Waals surface area contributed by atoms with Gasteiger partial charge in [0.25, 0.3) is 5.56 Å². The molecule has 8 heteroatoms. The number of hydrogen-bond donors (Lipinski definition) is 1. The largest absolute Gasteiger partial charge is 0.494 e. The predicted molar refractivity (Wildman–Crippen MR) is 114 cm³/mol. The fourth-order valence-corrected chi connectivity index (χ4v) is 5.44. The van der Waals surface area contributed by atoms with Crippen LogP contribution >= 0.6 is 15.9 Å². The molecular weight excluding hydrogens is 444 g/mol. The molecule has 28 heavy (non-hydrogen) atoms. The SMILES string of the molecule is O=c1c2ccccc2c(C=N[C@@H]2CCS(=O)(=O)C2)c(O)n1-c1cccc(Br)c1. The van der Waals surface area contributed by atoms with Crippen molar-refractivity contribution in [2.24, 2.45) is 4.99 Å². The van der Waals surface area contributed by atoms with Crippen molar-refractivity contribution in [3.63, 3.8) is 0 Å². The molecule has 0 radical (unpaired) electrons. The summed E-state index contributed by atoms with van der Waals surface area (Å²) in [6, 6.07) is 13.7. The molecule has 1 aromatic heterocycles. The Bertz CT molecular complexity index is 1260. The number of benzene rings is 2. The lowest BCUT2D eigenvalue weighted by Gasteiger charge is -2.14. The summed E-state index contributed by atoms with van der Waals surface area (Å²) >= 11 is 3.38. The maximum absolute atomic E-state index is 13.0. The van der Waals surface area contributed by atoms with Gasteiger partial charge in [0.1, 0.15) is 0 Å². The van der Waals surface area contributed by atoms with Crippen molar-refractivity contribution >= 4 is 42.8 Å². The Labute approximate surface area is 170 Å². The fraction of sp³-hybridized carbons (Fsp3) is 0.200. The van der Waals surface area contributed by atoms with Crippen LogP contribution in [0.1, 0.15) is 12.0 Å². The minimum atomic E-state index is -3.05. The normalized spacial score (nSPS) is 18.8. The molecule has 1 saturated heterocycles. The summed E-state index contributed by atoms with van der Waals surface area (Å²) in [6.45, 7) is 0. The summed E-state index contributed by atoms with van der Waals surface area (Å²) in [4.78, 5) is 17.4. The first-order chi connectivity index (χ1) is 13.4. The summed E-state index contributed by atoms with van der Waals surface area (Å²) in [5, 5.41) is 11.9. The van der Waals surface area contributed by atoms with Crippen molar-refractivity contribution in [3.05, 3.63) is 68.9 Å². The van der Waals surface area contributed by atoms with Crippen LogP contribution in [0.15, 0.2) is 62.8 Å². The molecule has 4 rings (SSSR count). The van der Waals surface area contributed by atoms with Crippen LogP contribution in [0, 0.1) is 0 Å². The molecule has 0 spiro atoms. The van der Waals surface area contributed by atoms with Gasteiger partial charge < -0.3 is 5.11 Å². The zero-order valence-corrected chi connectivity index (χ0v) is 17.1. The number of aromatic nitrogens is 1. The average molecular weight is 461 g/mol. The molecule has 144 valence electrons. The van der Waals surface area contributed by atoms with Gasteiger partial charge in [0, 0.05) is 21.5 Å².